The van der Waals surface area contributed by atoms with Gasteiger partial charge < -0.3 is 20.1 Å². The second-order valence-corrected chi connectivity index (χ2v) is 9.11. The minimum absolute atomic E-state index is 0.351. The first-order valence-electron chi connectivity index (χ1n) is 10.1. The Morgan fingerprint density at radius 3 is 2.48 bits per heavy atom. The third-order valence-electron chi connectivity index (χ3n) is 4.50. The summed E-state index contributed by atoms with van der Waals surface area (Å²) in [6.07, 6.45) is -0.0650. The largest absolute Gasteiger partial charge is 0.487 e. The van der Waals surface area contributed by atoms with Gasteiger partial charge in [0.05, 0.1) is 6.04 Å². The van der Waals surface area contributed by atoms with Crippen LogP contribution >= 0.6 is 0 Å². The fourth-order valence-electron chi connectivity index (χ4n) is 3.37. The van der Waals surface area contributed by atoms with Gasteiger partial charge >= 0.3 is 12.1 Å². The van der Waals surface area contributed by atoms with Gasteiger partial charge in [-0.2, -0.15) is 0 Å². The van der Waals surface area contributed by atoms with E-state index in [1.165, 1.54) is 18.2 Å². The SMILES string of the molecule is CC(C)(C)OC(=O)Nc1ccc2c(c1)C(NC(=O)Nc1cccc(F)c1)CC(C)(C)O2. The summed E-state index contributed by atoms with van der Waals surface area (Å²) >= 11 is 0. The van der Waals surface area contributed by atoms with E-state index in [0.717, 1.165) is 5.56 Å². The average Bonchev–Trinajstić information content (AvgIpc) is 2.59. The maximum atomic E-state index is 13.4. The molecule has 0 saturated carbocycles. The highest BCUT2D eigenvalue weighted by Crippen LogP contribution is 2.40. The summed E-state index contributed by atoms with van der Waals surface area (Å²) in [6, 6.07) is 10.0. The molecule has 1 aliphatic rings. The van der Waals surface area contributed by atoms with Crippen LogP contribution in [0, 0.1) is 5.82 Å². The van der Waals surface area contributed by atoms with Crippen LogP contribution in [-0.4, -0.2) is 23.3 Å². The third-order valence-corrected chi connectivity index (χ3v) is 4.50. The Bertz CT molecular complexity index is 985. The molecule has 1 atom stereocenters. The van der Waals surface area contributed by atoms with Gasteiger partial charge in [0, 0.05) is 23.4 Å². The standard InChI is InChI=1S/C23H28FN3O4/c1-22(2,3)31-21(29)26-16-9-10-19-17(12-16)18(13-23(4,5)30-19)27-20(28)25-15-8-6-7-14(24)11-15/h6-12,18H,13H2,1-5H3,(H,26,29)(H2,25,27,28). The van der Waals surface area contributed by atoms with E-state index in [0.29, 0.717) is 23.5 Å². The quantitative estimate of drug-likeness (QED) is 0.593. The minimum Gasteiger partial charge on any atom is -0.487 e. The number of ether oxygens (including phenoxy) is 2. The van der Waals surface area contributed by atoms with E-state index in [-0.39, 0.29) is 6.04 Å². The molecular weight excluding hydrogens is 401 g/mol. The summed E-state index contributed by atoms with van der Waals surface area (Å²) in [5.74, 6) is 0.176. The number of hydrogen-bond donors (Lipinski definition) is 3. The summed E-state index contributed by atoms with van der Waals surface area (Å²) in [5, 5.41) is 8.26. The first-order chi connectivity index (χ1) is 14.4. The number of amides is 3. The van der Waals surface area contributed by atoms with Crippen molar-refractivity contribution >= 4 is 23.5 Å². The Labute approximate surface area is 181 Å². The molecule has 3 amide bonds. The number of nitrogens with one attached hydrogen (secondary N) is 3. The van der Waals surface area contributed by atoms with Crippen LogP contribution in [0.1, 0.15) is 52.6 Å². The van der Waals surface area contributed by atoms with Crippen molar-refractivity contribution < 1.29 is 23.5 Å². The fourth-order valence-corrected chi connectivity index (χ4v) is 3.37. The lowest BCUT2D eigenvalue weighted by Gasteiger charge is -2.38. The summed E-state index contributed by atoms with van der Waals surface area (Å²) in [5.41, 5.74) is 0.467. The minimum atomic E-state index is -0.621. The van der Waals surface area contributed by atoms with Gasteiger partial charge in [-0.3, -0.25) is 5.32 Å². The lowest BCUT2D eigenvalue weighted by atomic mass is 9.89. The zero-order chi connectivity index (χ0) is 22.8. The highest BCUT2D eigenvalue weighted by atomic mass is 19.1. The molecule has 0 aromatic heterocycles. The van der Waals surface area contributed by atoms with Gasteiger partial charge in [0.1, 0.15) is 22.8 Å². The topological polar surface area (TPSA) is 88.7 Å². The van der Waals surface area contributed by atoms with Gasteiger partial charge in [-0.25, -0.2) is 14.0 Å². The van der Waals surface area contributed by atoms with Crippen molar-refractivity contribution in [3.8, 4) is 5.75 Å². The molecule has 166 valence electrons. The lowest BCUT2D eigenvalue weighted by molar-refractivity contribution is 0.0631. The second-order valence-electron chi connectivity index (χ2n) is 9.11. The molecule has 1 unspecified atom stereocenters. The van der Waals surface area contributed by atoms with E-state index < -0.39 is 29.1 Å². The molecule has 0 fully saturated rings. The van der Waals surface area contributed by atoms with Crippen LogP contribution in [-0.2, 0) is 4.74 Å². The smallest absolute Gasteiger partial charge is 0.412 e. The van der Waals surface area contributed by atoms with E-state index >= 15 is 0 Å². The molecule has 31 heavy (non-hydrogen) atoms. The molecule has 0 saturated heterocycles. The van der Waals surface area contributed by atoms with Gasteiger partial charge in [-0.15, -0.1) is 0 Å². The van der Waals surface area contributed by atoms with E-state index in [4.69, 9.17) is 9.47 Å². The van der Waals surface area contributed by atoms with Crippen molar-refractivity contribution in [2.24, 2.45) is 0 Å². The molecule has 8 heteroatoms. The van der Waals surface area contributed by atoms with Crippen LogP contribution < -0.4 is 20.7 Å². The Kier molecular flexibility index (Phi) is 6.10. The number of halogens is 1. The zero-order valence-corrected chi connectivity index (χ0v) is 18.3. The van der Waals surface area contributed by atoms with E-state index in [9.17, 15) is 14.0 Å². The normalized spacial score (nSPS) is 17.0. The maximum absolute atomic E-state index is 13.4. The van der Waals surface area contributed by atoms with Crippen LogP contribution in [0.15, 0.2) is 42.5 Å². The Morgan fingerprint density at radius 1 is 1.10 bits per heavy atom. The predicted molar refractivity (Wildman–Crippen MR) is 117 cm³/mol. The molecular formula is C23H28FN3O4. The molecule has 0 bridgehead atoms. The van der Waals surface area contributed by atoms with Crippen molar-refractivity contribution in [1.29, 1.82) is 0 Å². The van der Waals surface area contributed by atoms with Gasteiger partial charge in [0.15, 0.2) is 0 Å². The molecule has 0 aliphatic carbocycles. The van der Waals surface area contributed by atoms with Crippen molar-refractivity contribution in [2.45, 2.75) is 58.3 Å². The van der Waals surface area contributed by atoms with Gasteiger partial charge in [0.2, 0.25) is 0 Å². The van der Waals surface area contributed by atoms with Crippen LogP contribution in [0.2, 0.25) is 0 Å². The first-order valence-corrected chi connectivity index (χ1v) is 10.1. The average molecular weight is 429 g/mol. The number of fused-ring (bicyclic) bond motifs is 1. The summed E-state index contributed by atoms with van der Waals surface area (Å²) < 4.78 is 24.7. The first kappa shape index (κ1) is 22.4. The lowest BCUT2D eigenvalue weighted by Crippen LogP contribution is -2.42. The highest BCUT2D eigenvalue weighted by Gasteiger charge is 2.35. The second kappa shape index (κ2) is 8.45. The molecule has 3 N–H and O–H groups in total. The van der Waals surface area contributed by atoms with Gasteiger partial charge in [-0.05, 0) is 71.0 Å². The van der Waals surface area contributed by atoms with Crippen LogP contribution in [0.25, 0.3) is 0 Å². The summed E-state index contributed by atoms with van der Waals surface area (Å²) in [6.45, 7) is 9.22. The Balaban J connectivity index is 1.78. The molecule has 0 spiro atoms. The maximum Gasteiger partial charge on any atom is 0.412 e. The van der Waals surface area contributed by atoms with Crippen LogP contribution in [0.5, 0.6) is 5.75 Å². The number of urea groups is 1. The molecule has 2 aromatic carbocycles. The molecule has 7 nitrogen and oxygen atoms in total. The number of hydrogen-bond acceptors (Lipinski definition) is 4. The van der Waals surface area contributed by atoms with Crippen LogP contribution in [0.4, 0.5) is 25.4 Å². The molecule has 2 aromatic rings. The highest BCUT2D eigenvalue weighted by molar-refractivity contribution is 5.90. The van der Waals surface area contributed by atoms with Crippen molar-refractivity contribution in [2.75, 3.05) is 10.6 Å². The van der Waals surface area contributed by atoms with Crippen molar-refractivity contribution in [3.05, 3.63) is 53.8 Å². The van der Waals surface area contributed by atoms with E-state index in [2.05, 4.69) is 16.0 Å². The number of anilines is 2. The number of benzene rings is 2. The Morgan fingerprint density at radius 2 is 1.81 bits per heavy atom. The van der Waals surface area contributed by atoms with Gasteiger partial charge in [0.25, 0.3) is 0 Å². The summed E-state index contributed by atoms with van der Waals surface area (Å²) in [7, 11) is 0. The number of rotatable bonds is 3. The van der Waals surface area contributed by atoms with E-state index in [1.54, 1.807) is 45.0 Å². The van der Waals surface area contributed by atoms with Crippen LogP contribution in [0.3, 0.4) is 0 Å². The fraction of sp³-hybridized carbons (Fsp3) is 0.391. The third kappa shape index (κ3) is 6.34. The molecule has 1 heterocycles. The zero-order valence-electron chi connectivity index (χ0n) is 18.3. The van der Waals surface area contributed by atoms with Gasteiger partial charge in [-0.1, -0.05) is 6.07 Å². The van der Waals surface area contributed by atoms with Crippen molar-refractivity contribution in [1.82, 2.24) is 5.32 Å². The summed E-state index contributed by atoms with van der Waals surface area (Å²) in [4.78, 5) is 24.7. The molecule has 3 rings (SSSR count). The monoisotopic (exact) mass is 429 g/mol. The molecule has 0 radical (unpaired) electrons. The number of carbonyl (C=O) groups excluding carboxylic acids is 2. The van der Waals surface area contributed by atoms with Crippen molar-refractivity contribution in [3.63, 3.8) is 0 Å². The van der Waals surface area contributed by atoms with E-state index in [1.807, 2.05) is 13.8 Å². The number of carbonyl (C=O) groups is 2. The molecule has 1 aliphatic heterocycles. The Hall–Kier alpha value is -3.29. The predicted octanol–water partition coefficient (Wildman–Crippen LogP) is 5.60.